The van der Waals surface area contributed by atoms with E-state index in [0.717, 1.165) is 0 Å². The molecular formula is C17H22N2O4. The van der Waals surface area contributed by atoms with Gasteiger partial charge in [-0.25, -0.2) is 4.79 Å². The molecule has 2 amide bonds. The van der Waals surface area contributed by atoms with Crippen LogP contribution in [-0.2, 0) is 9.53 Å². The van der Waals surface area contributed by atoms with Crippen molar-refractivity contribution in [3.8, 4) is 5.75 Å². The molecule has 0 aliphatic carbocycles. The lowest BCUT2D eigenvalue weighted by molar-refractivity contribution is -0.124. The smallest absolute Gasteiger partial charge is 0.410 e. The first-order valence-corrected chi connectivity index (χ1v) is 7.69. The fourth-order valence-corrected chi connectivity index (χ4v) is 2.36. The summed E-state index contributed by atoms with van der Waals surface area (Å²) < 4.78 is 10.4. The number of nitrogens with one attached hydrogen (secondary N) is 1. The lowest BCUT2D eigenvalue weighted by Gasteiger charge is -2.31. The Kier molecular flexibility index (Phi) is 6.47. The van der Waals surface area contributed by atoms with Crippen LogP contribution in [0, 0.1) is 0 Å². The van der Waals surface area contributed by atoms with Gasteiger partial charge in [-0.05, 0) is 25.0 Å². The number of carbonyl (C=O) groups is 2. The van der Waals surface area contributed by atoms with Crippen LogP contribution in [0.5, 0.6) is 5.75 Å². The van der Waals surface area contributed by atoms with Crippen molar-refractivity contribution in [1.82, 2.24) is 10.2 Å². The summed E-state index contributed by atoms with van der Waals surface area (Å²) in [5.74, 6) is 0.518. The summed E-state index contributed by atoms with van der Waals surface area (Å²) in [5, 5.41) is 2.93. The lowest BCUT2D eigenvalue weighted by Crippen LogP contribution is -2.47. The number of rotatable bonds is 6. The second-order valence-corrected chi connectivity index (χ2v) is 5.30. The molecule has 1 aromatic rings. The molecule has 0 radical (unpaired) electrons. The molecule has 124 valence electrons. The van der Waals surface area contributed by atoms with Gasteiger partial charge in [0.2, 0.25) is 0 Å². The Balaban J connectivity index is 1.66. The first-order valence-electron chi connectivity index (χ1n) is 7.69. The number of nitrogens with zero attached hydrogens (tertiary/aromatic N) is 1. The maximum atomic E-state index is 11.9. The maximum absolute atomic E-state index is 11.9. The lowest BCUT2D eigenvalue weighted by atomic mass is 10.1. The number of benzene rings is 1. The van der Waals surface area contributed by atoms with Crippen LogP contribution in [0.2, 0.25) is 0 Å². The molecule has 0 spiro atoms. The number of ether oxygens (including phenoxy) is 2. The van der Waals surface area contributed by atoms with Crippen molar-refractivity contribution >= 4 is 12.0 Å². The summed E-state index contributed by atoms with van der Waals surface area (Å²) in [6.07, 6.45) is 2.63. The number of carbonyl (C=O) groups excluding carboxylic acids is 2. The molecule has 0 bridgehead atoms. The summed E-state index contributed by atoms with van der Waals surface area (Å²) in [4.78, 5) is 25.2. The van der Waals surface area contributed by atoms with Gasteiger partial charge in [-0.1, -0.05) is 30.9 Å². The molecule has 1 aliphatic rings. The van der Waals surface area contributed by atoms with Crippen LogP contribution < -0.4 is 10.1 Å². The second kappa shape index (κ2) is 8.82. The van der Waals surface area contributed by atoms with E-state index >= 15 is 0 Å². The van der Waals surface area contributed by atoms with Crippen LogP contribution in [0.15, 0.2) is 43.0 Å². The summed E-state index contributed by atoms with van der Waals surface area (Å²) in [5.41, 5.74) is 0. The van der Waals surface area contributed by atoms with Crippen molar-refractivity contribution in [2.45, 2.75) is 18.9 Å². The van der Waals surface area contributed by atoms with Crippen molar-refractivity contribution in [3.05, 3.63) is 43.0 Å². The van der Waals surface area contributed by atoms with E-state index in [1.54, 1.807) is 17.0 Å². The minimum atomic E-state index is -0.331. The number of piperidine rings is 1. The topological polar surface area (TPSA) is 67.9 Å². The summed E-state index contributed by atoms with van der Waals surface area (Å²) in [7, 11) is 0. The summed E-state index contributed by atoms with van der Waals surface area (Å²) in [6.45, 7) is 4.85. The van der Waals surface area contributed by atoms with Crippen molar-refractivity contribution < 1.29 is 19.1 Å². The quantitative estimate of drug-likeness (QED) is 0.814. The molecule has 1 N–H and O–H groups in total. The van der Waals surface area contributed by atoms with Crippen molar-refractivity contribution in [3.63, 3.8) is 0 Å². The third-order valence-corrected chi connectivity index (χ3v) is 3.56. The van der Waals surface area contributed by atoms with Crippen LogP contribution >= 0.6 is 0 Å². The van der Waals surface area contributed by atoms with Crippen molar-refractivity contribution in [2.24, 2.45) is 0 Å². The zero-order valence-corrected chi connectivity index (χ0v) is 13.1. The van der Waals surface area contributed by atoms with E-state index in [1.807, 2.05) is 18.2 Å². The van der Waals surface area contributed by atoms with Crippen LogP contribution in [0.25, 0.3) is 0 Å². The molecular weight excluding hydrogens is 296 g/mol. The van der Waals surface area contributed by atoms with Gasteiger partial charge >= 0.3 is 6.09 Å². The highest BCUT2D eigenvalue weighted by atomic mass is 16.6. The fourth-order valence-electron chi connectivity index (χ4n) is 2.36. The van der Waals surface area contributed by atoms with Crippen molar-refractivity contribution in [1.29, 1.82) is 0 Å². The Hall–Kier alpha value is -2.50. The molecule has 1 fully saturated rings. The number of hydrogen-bond acceptors (Lipinski definition) is 4. The molecule has 6 heteroatoms. The van der Waals surface area contributed by atoms with Gasteiger partial charge in [-0.2, -0.15) is 0 Å². The van der Waals surface area contributed by atoms with E-state index < -0.39 is 0 Å². The van der Waals surface area contributed by atoms with Crippen molar-refractivity contribution in [2.75, 3.05) is 26.3 Å². The average molecular weight is 318 g/mol. The molecule has 2 rings (SSSR count). The molecule has 6 nitrogen and oxygen atoms in total. The largest absolute Gasteiger partial charge is 0.484 e. The van der Waals surface area contributed by atoms with Crippen LogP contribution in [-0.4, -0.2) is 49.2 Å². The van der Waals surface area contributed by atoms with E-state index in [-0.39, 0.29) is 31.3 Å². The first-order chi connectivity index (χ1) is 11.2. The molecule has 0 aromatic heterocycles. The Morgan fingerprint density at radius 2 is 1.96 bits per heavy atom. The van der Waals surface area contributed by atoms with E-state index in [1.165, 1.54) is 6.08 Å². The van der Waals surface area contributed by atoms with Gasteiger partial charge in [-0.3, -0.25) is 4.79 Å². The first kappa shape index (κ1) is 16.9. The highest BCUT2D eigenvalue weighted by Crippen LogP contribution is 2.12. The molecule has 1 saturated heterocycles. The van der Waals surface area contributed by atoms with Crippen LogP contribution in [0.4, 0.5) is 4.79 Å². The SMILES string of the molecule is C=CCOC(=O)N1CCC(NC(=O)COc2ccccc2)CC1. The fraction of sp³-hybridized carbons (Fsp3) is 0.412. The molecule has 23 heavy (non-hydrogen) atoms. The summed E-state index contributed by atoms with van der Waals surface area (Å²) >= 11 is 0. The highest BCUT2D eigenvalue weighted by molar-refractivity contribution is 5.77. The minimum absolute atomic E-state index is 0.00833. The predicted octanol–water partition coefficient (Wildman–Crippen LogP) is 1.97. The molecule has 1 aromatic carbocycles. The molecule has 1 heterocycles. The monoisotopic (exact) mass is 318 g/mol. The third-order valence-electron chi connectivity index (χ3n) is 3.56. The second-order valence-electron chi connectivity index (χ2n) is 5.30. The standard InChI is InChI=1S/C17H22N2O4/c1-2-12-22-17(21)19-10-8-14(9-11-19)18-16(20)13-23-15-6-4-3-5-7-15/h2-7,14H,1,8-13H2,(H,18,20). The Bertz CT molecular complexity index is 525. The van der Waals surface area contributed by atoms with E-state index in [0.29, 0.717) is 31.7 Å². The minimum Gasteiger partial charge on any atom is -0.484 e. The van der Waals surface area contributed by atoms with Crippen LogP contribution in [0.1, 0.15) is 12.8 Å². The number of para-hydroxylation sites is 1. The van der Waals surface area contributed by atoms with Gasteiger partial charge in [0.15, 0.2) is 6.61 Å². The number of likely N-dealkylation sites (tertiary alicyclic amines) is 1. The zero-order valence-electron chi connectivity index (χ0n) is 13.1. The molecule has 0 saturated carbocycles. The zero-order chi connectivity index (χ0) is 16.5. The molecule has 0 atom stereocenters. The predicted molar refractivity (Wildman–Crippen MR) is 86.2 cm³/mol. The maximum Gasteiger partial charge on any atom is 0.410 e. The van der Waals surface area contributed by atoms with Gasteiger partial charge < -0.3 is 19.7 Å². The van der Waals surface area contributed by atoms with Gasteiger partial charge in [0.05, 0.1) is 0 Å². The highest BCUT2D eigenvalue weighted by Gasteiger charge is 2.24. The van der Waals surface area contributed by atoms with E-state index in [9.17, 15) is 9.59 Å². The van der Waals surface area contributed by atoms with Gasteiger partial charge in [0, 0.05) is 19.1 Å². The molecule has 1 aliphatic heterocycles. The Morgan fingerprint density at radius 1 is 1.26 bits per heavy atom. The number of hydrogen-bond donors (Lipinski definition) is 1. The van der Waals surface area contributed by atoms with Gasteiger partial charge in [0.25, 0.3) is 5.91 Å². The normalized spacial score (nSPS) is 14.9. The van der Waals surface area contributed by atoms with E-state index in [4.69, 9.17) is 9.47 Å². The average Bonchev–Trinajstić information content (AvgIpc) is 2.59. The Labute approximate surface area is 136 Å². The van der Waals surface area contributed by atoms with Crippen LogP contribution in [0.3, 0.4) is 0 Å². The van der Waals surface area contributed by atoms with E-state index in [2.05, 4.69) is 11.9 Å². The van der Waals surface area contributed by atoms with Gasteiger partial charge in [0.1, 0.15) is 12.4 Å². The Morgan fingerprint density at radius 3 is 2.61 bits per heavy atom. The summed E-state index contributed by atoms with van der Waals surface area (Å²) in [6, 6.07) is 9.27. The third kappa shape index (κ3) is 5.65. The molecule has 0 unspecified atom stereocenters. The van der Waals surface area contributed by atoms with Gasteiger partial charge in [-0.15, -0.1) is 0 Å². The number of amides is 2.